The normalized spacial score (nSPS) is 21.6. The van der Waals surface area contributed by atoms with E-state index in [2.05, 4.69) is 0 Å². The molecule has 4 rings (SSSR count). The molecule has 2 aliphatic carbocycles. The highest BCUT2D eigenvalue weighted by Crippen LogP contribution is 2.45. The Labute approximate surface area is 138 Å². The number of aliphatic hydroxyl groups excluding tert-OH is 1. The summed E-state index contributed by atoms with van der Waals surface area (Å²) < 4.78 is 5.50. The minimum atomic E-state index is -1.36. The Kier molecular flexibility index (Phi) is 3.27. The number of hydrogen-bond acceptors (Lipinski definition) is 5. The standard InChI is InChI=1S/C19H18O5/c1-19(23)13-6-4-11-12(5-7-14(11)21)15(13)17(22)18-16(19)10(9-24-18)3-2-8-20/h4,6,9,20,23H,2-3,5,7-8H2,1H3/t19-/m0/s1. The van der Waals surface area contributed by atoms with E-state index in [-0.39, 0.29) is 23.9 Å². The molecule has 0 unspecified atom stereocenters. The molecule has 2 N–H and O–H groups in total. The summed E-state index contributed by atoms with van der Waals surface area (Å²) in [5.74, 6) is -0.0874. The number of hydrogen-bond donors (Lipinski definition) is 2. The molecular formula is C19H18O5. The van der Waals surface area contributed by atoms with Crippen molar-refractivity contribution in [1.29, 1.82) is 0 Å². The molecule has 0 spiro atoms. The minimum Gasteiger partial charge on any atom is -0.460 e. The van der Waals surface area contributed by atoms with Gasteiger partial charge < -0.3 is 14.6 Å². The van der Waals surface area contributed by atoms with Crippen molar-refractivity contribution in [2.24, 2.45) is 0 Å². The molecule has 0 saturated carbocycles. The van der Waals surface area contributed by atoms with Gasteiger partial charge in [-0.15, -0.1) is 0 Å². The predicted octanol–water partition coefficient (Wildman–Crippen LogP) is 2.13. The number of carbonyl (C=O) groups is 2. The van der Waals surface area contributed by atoms with Gasteiger partial charge in [-0.2, -0.15) is 0 Å². The van der Waals surface area contributed by atoms with Crippen LogP contribution >= 0.6 is 0 Å². The third-order valence-corrected chi connectivity index (χ3v) is 5.13. The van der Waals surface area contributed by atoms with E-state index in [0.717, 1.165) is 11.1 Å². The first kappa shape index (κ1) is 15.3. The van der Waals surface area contributed by atoms with Gasteiger partial charge in [0.1, 0.15) is 5.60 Å². The van der Waals surface area contributed by atoms with Gasteiger partial charge in [-0.1, -0.05) is 12.1 Å². The second kappa shape index (κ2) is 5.13. The highest BCUT2D eigenvalue weighted by atomic mass is 16.3. The zero-order valence-corrected chi connectivity index (χ0v) is 13.4. The highest BCUT2D eigenvalue weighted by Gasteiger charge is 2.45. The van der Waals surface area contributed by atoms with Gasteiger partial charge in [0.2, 0.25) is 5.78 Å². The Morgan fingerprint density at radius 1 is 1.25 bits per heavy atom. The number of Topliss-reactive ketones (excluding diaryl/α,β-unsaturated/α-hetero) is 1. The molecule has 2 aromatic rings. The van der Waals surface area contributed by atoms with E-state index in [1.165, 1.54) is 6.26 Å². The molecule has 0 radical (unpaired) electrons. The van der Waals surface area contributed by atoms with Crippen molar-refractivity contribution in [2.45, 2.75) is 38.2 Å². The van der Waals surface area contributed by atoms with Crippen molar-refractivity contribution in [1.82, 2.24) is 0 Å². The van der Waals surface area contributed by atoms with Crippen molar-refractivity contribution < 1.29 is 24.2 Å². The van der Waals surface area contributed by atoms with Crippen molar-refractivity contribution in [3.05, 3.63) is 57.5 Å². The van der Waals surface area contributed by atoms with Crippen LogP contribution in [0.1, 0.15) is 68.5 Å². The van der Waals surface area contributed by atoms with Crippen LogP contribution in [0.3, 0.4) is 0 Å². The van der Waals surface area contributed by atoms with E-state index in [4.69, 9.17) is 9.52 Å². The number of fused-ring (bicyclic) bond motifs is 4. The Morgan fingerprint density at radius 3 is 2.79 bits per heavy atom. The van der Waals surface area contributed by atoms with Gasteiger partial charge in [-0.25, -0.2) is 0 Å². The van der Waals surface area contributed by atoms with Crippen LogP contribution < -0.4 is 0 Å². The average molecular weight is 326 g/mol. The number of furan rings is 1. The van der Waals surface area contributed by atoms with Gasteiger partial charge in [0.05, 0.1) is 6.26 Å². The summed E-state index contributed by atoms with van der Waals surface area (Å²) in [5.41, 5.74) is 2.10. The monoisotopic (exact) mass is 326 g/mol. The second-order valence-corrected chi connectivity index (χ2v) is 6.63. The Balaban J connectivity index is 1.94. The Hall–Kier alpha value is -2.24. The van der Waals surface area contributed by atoms with Gasteiger partial charge in [0.25, 0.3) is 0 Å². The molecule has 124 valence electrons. The molecule has 0 saturated heterocycles. The number of benzene rings is 1. The van der Waals surface area contributed by atoms with E-state index in [1.807, 2.05) is 0 Å². The molecule has 0 amide bonds. The summed E-state index contributed by atoms with van der Waals surface area (Å²) in [5, 5.41) is 20.3. The molecule has 24 heavy (non-hydrogen) atoms. The average Bonchev–Trinajstić information content (AvgIpc) is 3.15. The fourth-order valence-electron chi connectivity index (χ4n) is 4.00. The van der Waals surface area contributed by atoms with Crippen molar-refractivity contribution in [3.8, 4) is 0 Å². The van der Waals surface area contributed by atoms with Gasteiger partial charge in [0, 0.05) is 29.7 Å². The minimum absolute atomic E-state index is 0.0300. The lowest BCUT2D eigenvalue weighted by molar-refractivity contribution is 0.0824. The topological polar surface area (TPSA) is 87.7 Å². The lowest BCUT2D eigenvalue weighted by Gasteiger charge is -2.32. The first-order valence-electron chi connectivity index (χ1n) is 8.15. The van der Waals surface area contributed by atoms with Crippen molar-refractivity contribution >= 4 is 11.6 Å². The van der Waals surface area contributed by atoms with Crippen LogP contribution in [0.15, 0.2) is 22.8 Å². The van der Waals surface area contributed by atoms with Gasteiger partial charge >= 0.3 is 0 Å². The van der Waals surface area contributed by atoms with Crippen molar-refractivity contribution in [3.63, 3.8) is 0 Å². The molecule has 1 aromatic carbocycles. The molecule has 1 atom stereocenters. The molecule has 1 aromatic heterocycles. The third kappa shape index (κ3) is 1.88. The SMILES string of the molecule is C[C@]1(O)c2ccc3c(c2C(=O)c2occ(CCCO)c21)CCC3=O. The first-order valence-corrected chi connectivity index (χ1v) is 8.15. The molecule has 2 aliphatic rings. The largest absolute Gasteiger partial charge is 0.460 e. The summed E-state index contributed by atoms with van der Waals surface area (Å²) in [6.45, 7) is 1.68. The zero-order chi connectivity index (χ0) is 17.1. The maximum atomic E-state index is 13.0. The predicted molar refractivity (Wildman–Crippen MR) is 85.3 cm³/mol. The molecule has 5 nitrogen and oxygen atoms in total. The van der Waals surface area contributed by atoms with Gasteiger partial charge in [-0.05, 0) is 42.9 Å². The number of aliphatic hydroxyl groups is 2. The molecular weight excluding hydrogens is 308 g/mol. The maximum absolute atomic E-state index is 13.0. The summed E-state index contributed by atoms with van der Waals surface area (Å²) in [6, 6.07) is 3.39. The lowest BCUT2D eigenvalue weighted by Crippen LogP contribution is -2.33. The van der Waals surface area contributed by atoms with E-state index >= 15 is 0 Å². The zero-order valence-electron chi connectivity index (χ0n) is 13.4. The molecule has 0 aliphatic heterocycles. The Bertz CT molecular complexity index is 872. The van der Waals surface area contributed by atoms with Crippen LogP contribution in [0.2, 0.25) is 0 Å². The van der Waals surface area contributed by atoms with Crippen LogP contribution in [0.5, 0.6) is 0 Å². The smallest absolute Gasteiger partial charge is 0.229 e. The van der Waals surface area contributed by atoms with Crippen LogP contribution in [0, 0.1) is 0 Å². The lowest BCUT2D eigenvalue weighted by atomic mass is 9.74. The third-order valence-electron chi connectivity index (χ3n) is 5.13. The summed E-state index contributed by atoms with van der Waals surface area (Å²) >= 11 is 0. The highest BCUT2D eigenvalue weighted by molar-refractivity contribution is 6.15. The molecule has 5 heteroatoms. The second-order valence-electron chi connectivity index (χ2n) is 6.63. The molecule has 1 heterocycles. The van der Waals surface area contributed by atoms with Crippen molar-refractivity contribution in [2.75, 3.05) is 6.61 Å². The maximum Gasteiger partial charge on any atom is 0.229 e. The van der Waals surface area contributed by atoms with E-state index in [9.17, 15) is 14.7 Å². The van der Waals surface area contributed by atoms with Crippen LogP contribution in [0.25, 0.3) is 0 Å². The quantitative estimate of drug-likeness (QED) is 0.902. The number of ketones is 2. The molecule has 0 fully saturated rings. The number of aryl methyl sites for hydroxylation is 1. The van der Waals surface area contributed by atoms with Gasteiger partial charge in [-0.3, -0.25) is 9.59 Å². The molecule has 0 bridgehead atoms. The summed E-state index contributed by atoms with van der Waals surface area (Å²) in [4.78, 5) is 25.0. The fourth-order valence-corrected chi connectivity index (χ4v) is 4.00. The first-order chi connectivity index (χ1) is 11.5. The van der Waals surface area contributed by atoms with Gasteiger partial charge in [0.15, 0.2) is 11.5 Å². The Morgan fingerprint density at radius 2 is 2.04 bits per heavy atom. The van der Waals surface area contributed by atoms with Crippen LogP contribution in [-0.2, 0) is 18.4 Å². The fraction of sp³-hybridized carbons (Fsp3) is 0.368. The number of rotatable bonds is 3. The van der Waals surface area contributed by atoms with Crippen LogP contribution in [-0.4, -0.2) is 28.4 Å². The van der Waals surface area contributed by atoms with Crippen LogP contribution in [0.4, 0.5) is 0 Å². The summed E-state index contributed by atoms with van der Waals surface area (Å²) in [7, 11) is 0. The number of carbonyl (C=O) groups excluding carboxylic acids is 2. The van der Waals surface area contributed by atoms with E-state index < -0.39 is 5.60 Å². The van der Waals surface area contributed by atoms with E-state index in [1.54, 1.807) is 19.1 Å². The van der Waals surface area contributed by atoms with E-state index in [0.29, 0.717) is 47.9 Å². The summed E-state index contributed by atoms with van der Waals surface area (Å²) in [6.07, 6.45) is 3.46.